The zero-order valence-electron chi connectivity index (χ0n) is 13.6. The minimum Gasteiger partial charge on any atom is -0.379 e. The first-order chi connectivity index (χ1) is 11.3. The number of nitrogens with one attached hydrogen (secondary N) is 1. The van der Waals surface area contributed by atoms with E-state index in [9.17, 15) is 9.90 Å². The molecule has 0 aliphatic heterocycles. The molecular weight excluding hydrogens is 392 g/mol. The van der Waals surface area contributed by atoms with E-state index in [0.717, 1.165) is 4.47 Å². The van der Waals surface area contributed by atoms with Crippen molar-refractivity contribution >= 4 is 33.4 Å². The van der Waals surface area contributed by atoms with Crippen molar-refractivity contribution in [2.45, 2.75) is 5.60 Å². The lowest BCUT2D eigenvalue weighted by molar-refractivity contribution is -0.122. The topological polar surface area (TPSA) is 52.6 Å². The van der Waals surface area contributed by atoms with Crippen LogP contribution in [0.2, 0.25) is 5.02 Å². The molecule has 1 unspecified atom stereocenters. The van der Waals surface area contributed by atoms with Gasteiger partial charge in [0.05, 0.1) is 13.1 Å². The first-order valence-electron chi connectivity index (χ1n) is 7.47. The third-order valence-electron chi connectivity index (χ3n) is 3.64. The van der Waals surface area contributed by atoms with E-state index >= 15 is 0 Å². The minimum atomic E-state index is -1.34. The molecule has 2 aromatic carbocycles. The van der Waals surface area contributed by atoms with Crippen LogP contribution in [0.3, 0.4) is 0 Å². The molecule has 0 aliphatic rings. The molecule has 2 N–H and O–H groups in total. The van der Waals surface area contributed by atoms with E-state index in [1.54, 1.807) is 29.2 Å². The number of amides is 1. The van der Waals surface area contributed by atoms with Crippen LogP contribution in [-0.4, -0.2) is 43.1 Å². The van der Waals surface area contributed by atoms with Crippen LogP contribution in [0.5, 0.6) is 0 Å². The van der Waals surface area contributed by atoms with Gasteiger partial charge in [0.2, 0.25) is 5.91 Å². The molecule has 0 aromatic heterocycles. The van der Waals surface area contributed by atoms with E-state index in [1.165, 1.54) is 0 Å². The van der Waals surface area contributed by atoms with Crippen molar-refractivity contribution in [3.63, 3.8) is 0 Å². The predicted molar refractivity (Wildman–Crippen MR) is 100 cm³/mol. The average molecular weight is 412 g/mol. The summed E-state index contributed by atoms with van der Waals surface area (Å²) in [5, 5.41) is 14.7. The van der Waals surface area contributed by atoms with Crippen LogP contribution in [-0.2, 0) is 10.4 Å². The molecule has 0 saturated heterocycles. The maximum atomic E-state index is 12.0. The van der Waals surface area contributed by atoms with Gasteiger partial charge in [-0.15, -0.1) is 0 Å². The molecule has 0 fully saturated rings. The summed E-state index contributed by atoms with van der Waals surface area (Å²) >= 11 is 9.34. The summed E-state index contributed by atoms with van der Waals surface area (Å²) in [5.74, 6) is -0.149. The predicted octanol–water partition coefficient (Wildman–Crippen LogP) is 3.02. The molecule has 128 valence electrons. The van der Waals surface area contributed by atoms with Gasteiger partial charge >= 0.3 is 0 Å². The van der Waals surface area contributed by atoms with Crippen LogP contribution < -0.4 is 5.32 Å². The lowest BCUT2D eigenvalue weighted by Crippen LogP contribution is -2.44. The third kappa shape index (κ3) is 4.80. The van der Waals surface area contributed by atoms with Gasteiger partial charge in [0, 0.05) is 9.50 Å². The Balaban J connectivity index is 2.32. The quantitative estimate of drug-likeness (QED) is 0.768. The van der Waals surface area contributed by atoms with E-state index < -0.39 is 5.60 Å². The van der Waals surface area contributed by atoms with E-state index in [-0.39, 0.29) is 19.0 Å². The molecule has 0 spiro atoms. The normalized spacial score (nSPS) is 13.6. The summed E-state index contributed by atoms with van der Waals surface area (Å²) in [6, 6.07) is 14.4. The number of likely N-dealkylation sites (N-methyl/N-ethyl adjacent to an activating group) is 1. The Morgan fingerprint density at radius 1 is 1.12 bits per heavy atom. The second kappa shape index (κ2) is 8.12. The maximum absolute atomic E-state index is 12.0. The van der Waals surface area contributed by atoms with Crippen LogP contribution in [0.15, 0.2) is 53.0 Å². The molecule has 4 nitrogen and oxygen atoms in total. The zero-order chi connectivity index (χ0) is 17.7. The SMILES string of the molecule is CN(C)CC(=O)NCC(O)(c1ccc(Cl)cc1)c1ccc(Br)cc1. The molecule has 0 bridgehead atoms. The summed E-state index contributed by atoms with van der Waals surface area (Å²) in [4.78, 5) is 13.8. The molecular formula is C18H20BrClN2O2. The number of carbonyl (C=O) groups excluding carboxylic acids is 1. The van der Waals surface area contributed by atoms with E-state index in [0.29, 0.717) is 16.1 Å². The Kier molecular flexibility index (Phi) is 6.40. The Morgan fingerprint density at radius 2 is 1.62 bits per heavy atom. The highest BCUT2D eigenvalue weighted by Crippen LogP contribution is 2.31. The smallest absolute Gasteiger partial charge is 0.234 e. The first-order valence-corrected chi connectivity index (χ1v) is 8.64. The summed E-state index contributed by atoms with van der Waals surface area (Å²) in [5.41, 5.74) is 0.0188. The van der Waals surface area contributed by atoms with Gasteiger partial charge in [-0.1, -0.05) is 51.8 Å². The average Bonchev–Trinajstić information content (AvgIpc) is 2.53. The Hall–Kier alpha value is -1.40. The monoisotopic (exact) mass is 410 g/mol. The van der Waals surface area contributed by atoms with Crippen molar-refractivity contribution in [1.82, 2.24) is 10.2 Å². The lowest BCUT2D eigenvalue weighted by Gasteiger charge is -2.30. The van der Waals surface area contributed by atoms with Gasteiger partial charge in [-0.25, -0.2) is 0 Å². The molecule has 2 rings (SSSR count). The van der Waals surface area contributed by atoms with Crippen LogP contribution in [0.25, 0.3) is 0 Å². The fraction of sp³-hybridized carbons (Fsp3) is 0.278. The van der Waals surface area contributed by atoms with Crippen molar-refractivity contribution < 1.29 is 9.90 Å². The van der Waals surface area contributed by atoms with Gasteiger partial charge in [-0.2, -0.15) is 0 Å². The fourth-order valence-corrected chi connectivity index (χ4v) is 2.78. The molecule has 0 aliphatic carbocycles. The van der Waals surface area contributed by atoms with Crippen LogP contribution in [0.4, 0.5) is 0 Å². The number of benzene rings is 2. The number of carbonyl (C=O) groups is 1. The Labute approximate surface area is 155 Å². The van der Waals surface area contributed by atoms with E-state index in [4.69, 9.17) is 11.6 Å². The number of hydrogen-bond acceptors (Lipinski definition) is 3. The molecule has 1 atom stereocenters. The Morgan fingerprint density at radius 3 is 2.12 bits per heavy atom. The summed E-state index contributed by atoms with van der Waals surface area (Å²) < 4.78 is 0.918. The number of hydrogen-bond donors (Lipinski definition) is 2. The summed E-state index contributed by atoms with van der Waals surface area (Å²) in [6.45, 7) is 0.333. The highest BCUT2D eigenvalue weighted by atomic mass is 79.9. The van der Waals surface area contributed by atoms with Crippen molar-refractivity contribution in [3.8, 4) is 0 Å². The second-order valence-electron chi connectivity index (χ2n) is 5.89. The molecule has 0 heterocycles. The van der Waals surface area contributed by atoms with Crippen molar-refractivity contribution in [2.24, 2.45) is 0 Å². The number of halogens is 2. The lowest BCUT2D eigenvalue weighted by atomic mass is 9.86. The molecule has 1 amide bonds. The molecule has 6 heteroatoms. The molecule has 2 aromatic rings. The molecule has 0 saturated carbocycles. The second-order valence-corrected chi connectivity index (χ2v) is 7.24. The maximum Gasteiger partial charge on any atom is 0.234 e. The highest BCUT2D eigenvalue weighted by molar-refractivity contribution is 9.10. The largest absolute Gasteiger partial charge is 0.379 e. The summed E-state index contributed by atoms with van der Waals surface area (Å²) in [7, 11) is 3.64. The number of rotatable bonds is 6. The molecule has 0 radical (unpaired) electrons. The standard InChI is InChI=1S/C18H20BrClN2O2/c1-22(2)11-17(23)21-12-18(24,13-3-7-15(19)8-4-13)14-5-9-16(20)10-6-14/h3-10,24H,11-12H2,1-2H3,(H,21,23). The van der Waals surface area contributed by atoms with Crippen molar-refractivity contribution in [2.75, 3.05) is 27.2 Å². The van der Waals surface area contributed by atoms with Crippen LogP contribution in [0.1, 0.15) is 11.1 Å². The molecule has 24 heavy (non-hydrogen) atoms. The third-order valence-corrected chi connectivity index (χ3v) is 4.43. The van der Waals surface area contributed by atoms with Crippen molar-refractivity contribution in [3.05, 3.63) is 69.2 Å². The minimum absolute atomic E-state index is 0.0724. The summed E-state index contributed by atoms with van der Waals surface area (Å²) in [6.07, 6.45) is 0. The van der Waals surface area contributed by atoms with Gasteiger partial charge < -0.3 is 15.3 Å². The van der Waals surface area contributed by atoms with E-state index in [1.807, 2.05) is 38.4 Å². The van der Waals surface area contributed by atoms with E-state index in [2.05, 4.69) is 21.2 Å². The van der Waals surface area contributed by atoms with Gasteiger partial charge in [0.1, 0.15) is 5.60 Å². The fourth-order valence-electron chi connectivity index (χ4n) is 2.39. The first kappa shape index (κ1) is 18.9. The van der Waals surface area contributed by atoms with Gasteiger partial charge in [-0.3, -0.25) is 4.79 Å². The number of aliphatic hydroxyl groups is 1. The van der Waals surface area contributed by atoms with Crippen molar-refractivity contribution in [1.29, 1.82) is 0 Å². The van der Waals surface area contributed by atoms with Gasteiger partial charge in [-0.05, 0) is 49.5 Å². The van der Waals surface area contributed by atoms with Gasteiger partial charge in [0.15, 0.2) is 0 Å². The highest BCUT2D eigenvalue weighted by Gasteiger charge is 2.32. The Bertz CT molecular complexity index is 642. The van der Waals surface area contributed by atoms with Crippen LogP contribution in [0, 0.1) is 0 Å². The number of nitrogens with zero attached hydrogens (tertiary/aromatic N) is 1. The zero-order valence-corrected chi connectivity index (χ0v) is 15.9. The van der Waals surface area contributed by atoms with Gasteiger partial charge in [0.25, 0.3) is 0 Å². The van der Waals surface area contributed by atoms with Crippen LogP contribution >= 0.6 is 27.5 Å².